The molecule has 2 fully saturated rings. The molecule has 2 heterocycles. The number of likely N-dealkylation sites (tertiary alicyclic amines) is 1. The molecule has 0 aromatic rings. The van der Waals surface area contributed by atoms with Crippen LogP contribution in [0.3, 0.4) is 0 Å². The zero-order valence-corrected chi connectivity index (χ0v) is 13.6. The first-order valence-corrected chi connectivity index (χ1v) is 7.84. The van der Waals surface area contributed by atoms with Crippen LogP contribution in [0.5, 0.6) is 0 Å². The molecule has 2 rings (SSSR count). The Labute approximate surface area is 126 Å². The van der Waals surface area contributed by atoms with E-state index in [1.807, 2.05) is 27.7 Å². The maximum Gasteiger partial charge on any atom is 0.410 e. The van der Waals surface area contributed by atoms with Gasteiger partial charge >= 0.3 is 6.09 Å². The Morgan fingerprint density at radius 1 is 1.38 bits per heavy atom. The SMILES string of the molecule is C[C@@H]1CN[C@@H](CN2CCC(F)C2)CN1C(=O)OC(C)(C)C. The van der Waals surface area contributed by atoms with Gasteiger partial charge in [-0.05, 0) is 34.1 Å². The van der Waals surface area contributed by atoms with Crippen LogP contribution in [-0.4, -0.2) is 72.5 Å². The molecule has 1 amide bonds. The second-order valence-electron chi connectivity index (χ2n) is 7.23. The lowest BCUT2D eigenvalue weighted by Crippen LogP contribution is -2.60. The van der Waals surface area contributed by atoms with Gasteiger partial charge in [-0.3, -0.25) is 4.90 Å². The van der Waals surface area contributed by atoms with Crippen molar-refractivity contribution in [1.82, 2.24) is 15.1 Å². The number of hydrogen-bond acceptors (Lipinski definition) is 4. The lowest BCUT2D eigenvalue weighted by Gasteiger charge is -2.40. The minimum absolute atomic E-state index is 0.114. The fraction of sp³-hybridized carbons (Fsp3) is 0.933. The molecule has 1 unspecified atom stereocenters. The third kappa shape index (κ3) is 4.81. The van der Waals surface area contributed by atoms with E-state index in [0.29, 0.717) is 19.5 Å². The Bertz CT molecular complexity index is 372. The number of ether oxygens (including phenoxy) is 1. The van der Waals surface area contributed by atoms with Gasteiger partial charge in [0, 0.05) is 44.8 Å². The number of amides is 1. The van der Waals surface area contributed by atoms with Gasteiger partial charge in [-0.25, -0.2) is 9.18 Å². The van der Waals surface area contributed by atoms with Crippen LogP contribution in [0.25, 0.3) is 0 Å². The first-order valence-electron chi connectivity index (χ1n) is 7.84. The van der Waals surface area contributed by atoms with Crippen molar-refractivity contribution in [3.05, 3.63) is 0 Å². The fourth-order valence-electron chi connectivity index (χ4n) is 2.89. The molecule has 1 N–H and O–H groups in total. The molecule has 0 aliphatic carbocycles. The molecule has 0 aromatic carbocycles. The summed E-state index contributed by atoms with van der Waals surface area (Å²) in [5, 5.41) is 3.44. The second kappa shape index (κ2) is 6.48. The van der Waals surface area contributed by atoms with Crippen LogP contribution < -0.4 is 5.32 Å². The molecule has 0 spiro atoms. The van der Waals surface area contributed by atoms with Crippen molar-refractivity contribution in [2.24, 2.45) is 0 Å². The monoisotopic (exact) mass is 301 g/mol. The number of halogens is 1. The molecule has 0 aromatic heterocycles. The van der Waals surface area contributed by atoms with Gasteiger partial charge in [-0.1, -0.05) is 0 Å². The molecule has 21 heavy (non-hydrogen) atoms. The number of rotatable bonds is 2. The van der Waals surface area contributed by atoms with Crippen molar-refractivity contribution in [1.29, 1.82) is 0 Å². The van der Waals surface area contributed by atoms with E-state index < -0.39 is 11.8 Å². The highest BCUT2D eigenvalue weighted by Crippen LogP contribution is 2.17. The molecule has 0 radical (unpaired) electrons. The minimum Gasteiger partial charge on any atom is -0.444 e. The number of nitrogens with one attached hydrogen (secondary N) is 1. The first kappa shape index (κ1) is 16.5. The van der Waals surface area contributed by atoms with Crippen molar-refractivity contribution in [2.75, 3.05) is 32.7 Å². The summed E-state index contributed by atoms with van der Waals surface area (Å²) >= 11 is 0. The molecule has 122 valence electrons. The predicted molar refractivity (Wildman–Crippen MR) is 80.1 cm³/mol. The Kier molecular flexibility index (Phi) is 5.09. The highest BCUT2D eigenvalue weighted by Gasteiger charge is 2.33. The maximum atomic E-state index is 13.2. The topological polar surface area (TPSA) is 44.8 Å². The summed E-state index contributed by atoms with van der Waals surface area (Å²) < 4.78 is 18.7. The summed E-state index contributed by atoms with van der Waals surface area (Å²) in [4.78, 5) is 16.2. The number of hydrogen-bond donors (Lipinski definition) is 1. The van der Waals surface area contributed by atoms with Crippen LogP contribution >= 0.6 is 0 Å². The molecule has 0 saturated carbocycles. The lowest BCUT2D eigenvalue weighted by molar-refractivity contribution is 0.00815. The molecule has 3 atom stereocenters. The van der Waals surface area contributed by atoms with Crippen molar-refractivity contribution >= 4 is 6.09 Å². The molecular weight excluding hydrogens is 273 g/mol. The molecule has 0 bridgehead atoms. The standard InChI is InChI=1S/C15H28FN3O2/c1-11-7-17-13(9-18-6-5-12(16)8-18)10-19(11)14(20)21-15(2,3)4/h11-13,17H,5-10H2,1-4H3/t11-,12?,13+/m1/s1. The molecule has 2 saturated heterocycles. The molecular formula is C15H28FN3O2. The van der Waals surface area contributed by atoms with E-state index in [1.54, 1.807) is 4.90 Å². The van der Waals surface area contributed by atoms with Gasteiger partial charge in [0.2, 0.25) is 0 Å². The van der Waals surface area contributed by atoms with Crippen molar-refractivity contribution in [2.45, 2.75) is 58.0 Å². The van der Waals surface area contributed by atoms with Crippen molar-refractivity contribution < 1.29 is 13.9 Å². The Hall–Kier alpha value is -0.880. The average molecular weight is 301 g/mol. The van der Waals surface area contributed by atoms with E-state index in [-0.39, 0.29) is 18.2 Å². The number of alkyl halides is 1. The highest BCUT2D eigenvalue weighted by molar-refractivity contribution is 5.68. The molecule has 5 nitrogen and oxygen atoms in total. The Morgan fingerprint density at radius 3 is 2.67 bits per heavy atom. The highest BCUT2D eigenvalue weighted by atomic mass is 19.1. The van der Waals surface area contributed by atoms with E-state index >= 15 is 0 Å². The van der Waals surface area contributed by atoms with Gasteiger partial charge in [-0.15, -0.1) is 0 Å². The van der Waals surface area contributed by atoms with Gasteiger partial charge < -0.3 is 15.0 Å². The zero-order chi connectivity index (χ0) is 15.6. The number of carbonyl (C=O) groups is 1. The summed E-state index contributed by atoms with van der Waals surface area (Å²) in [6.45, 7) is 11.1. The van der Waals surface area contributed by atoms with Crippen molar-refractivity contribution in [3.8, 4) is 0 Å². The Balaban J connectivity index is 1.88. The molecule has 6 heteroatoms. The van der Waals surface area contributed by atoms with E-state index in [4.69, 9.17) is 4.74 Å². The first-order chi connectivity index (χ1) is 9.74. The van der Waals surface area contributed by atoms with E-state index in [2.05, 4.69) is 10.2 Å². The smallest absolute Gasteiger partial charge is 0.410 e. The summed E-state index contributed by atoms with van der Waals surface area (Å²) in [6.07, 6.45) is -0.334. The molecule has 2 aliphatic rings. The van der Waals surface area contributed by atoms with E-state index in [0.717, 1.165) is 19.6 Å². The summed E-state index contributed by atoms with van der Waals surface area (Å²) in [7, 11) is 0. The summed E-state index contributed by atoms with van der Waals surface area (Å²) in [5.74, 6) is 0. The van der Waals surface area contributed by atoms with Crippen LogP contribution in [-0.2, 0) is 4.74 Å². The Morgan fingerprint density at radius 2 is 2.10 bits per heavy atom. The molecule has 2 aliphatic heterocycles. The van der Waals surface area contributed by atoms with Crippen LogP contribution in [0.4, 0.5) is 9.18 Å². The lowest BCUT2D eigenvalue weighted by atomic mass is 10.1. The van der Waals surface area contributed by atoms with Gasteiger partial charge in [0.15, 0.2) is 0 Å². The van der Waals surface area contributed by atoms with Crippen LogP contribution in [0.15, 0.2) is 0 Å². The van der Waals surface area contributed by atoms with Crippen LogP contribution in [0.1, 0.15) is 34.1 Å². The number of carbonyl (C=O) groups excluding carboxylic acids is 1. The van der Waals surface area contributed by atoms with Gasteiger partial charge in [0.05, 0.1) is 0 Å². The van der Waals surface area contributed by atoms with Crippen LogP contribution in [0, 0.1) is 0 Å². The zero-order valence-electron chi connectivity index (χ0n) is 13.6. The summed E-state index contributed by atoms with van der Waals surface area (Å²) in [5.41, 5.74) is -0.479. The second-order valence-corrected chi connectivity index (χ2v) is 7.23. The van der Waals surface area contributed by atoms with Crippen molar-refractivity contribution in [3.63, 3.8) is 0 Å². The minimum atomic E-state index is -0.700. The fourth-order valence-corrected chi connectivity index (χ4v) is 2.89. The normalized spacial score (nSPS) is 31.5. The van der Waals surface area contributed by atoms with E-state index in [1.165, 1.54) is 0 Å². The third-order valence-electron chi connectivity index (χ3n) is 3.97. The number of nitrogens with zero attached hydrogens (tertiary/aromatic N) is 2. The average Bonchev–Trinajstić information content (AvgIpc) is 2.75. The van der Waals surface area contributed by atoms with Gasteiger partial charge in [-0.2, -0.15) is 0 Å². The number of piperazine rings is 1. The quantitative estimate of drug-likeness (QED) is 0.842. The van der Waals surface area contributed by atoms with Gasteiger partial charge in [0.25, 0.3) is 0 Å². The largest absolute Gasteiger partial charge is 0.444 e. The maximum absolute atomic E-state index is 13.2. The van der Waals surface area contributed by atoms with Crippen LogP contribution in [0.2, 0.25) is 0 Å². The summed E-state index contributed by atoms with van der Waals surface area (Å²) in [6, 6.07) is 0.294. The third-order valence-corrected chi connectivity index (χ3v) is 3.97. The van der Waals surface area contributed by atoms with Gasteiger partial charge in [0.1, 0.15) is 11.8 Å². The predicted octanol–water partition coefficient (Wildman–Crippen LogP) is 1.63. The van der Waals surface area contributed by atoms with E-state index in [9.17, 15) is 9.18 Å².